The number of anilines is 1. The van der Waals surface area contributed by atoms with E-state index in [2.05, 4.69) is 10.3 Å². The second-order valence-electron chi connectivity index (χ2n) is 4.59. The van der Waals surface area contributed by atoms with E-state index in [1.165, 1.54) is 12.8 Å². The highest BCUT2D eigenvalue weighted by molar-refractivity contribution is 5.43. The molecule has 0 saturated heterocycles. The van der Waals surface area contributed by atoms with E-state index in [1.54, 1.807) is 0 Å². The molecule has 1 aromatic heterocycles. The molecule has 1 heterocycles. The summed E-state index contributed by atoms with van der Waals surface area (Å²) in [5.74, 6) is 0.679. The fourth-order valence-electron chi connectivity index (χ4n) is 2.29. The average molecular weight is 235 g/mol. The quantitative estimate of drug-likeness (QED) is 0.839. The van der Waals surface area contributed by atoms with Crippen LogP contribution < -0.4 is 15.8 Å². The molecule has 1 saturated carbocycles. The van der Waals surface area contributed by atoms with Gasteiger partial charge in [-0.25, -0.2) is 4.98 Å². The summed E-state index contributed by atoms with van der Waals surface area (Å²) >= 11 is 0. The van der Waals surface area contributed by atoms with Crippen LogP contribution in [0.4, 0.5) is 5.69 Å². The third kappa shape index (κ3) is 3.60. The molecule has 0 radical (unpaired) electrons. The first-order valence-corrected chi connectivity index (χ1v) is 6.39. The van der Waals surface area contributed by atoms with E-state index in [0.29, 0.717) is 24.6 Å². The Morgan fingerprint density at radius 3 is 3.00 bits per heavy atom. The molecule has 17 heavy (non-hydrogen) atoms. The van der Waals surface area contributed by atoms with Crippen molar-refractivity contribution in [3.05, 3.63) is 18.3 Å². The SMILES string of the molecule is CCOc1ccc(NC2CCCC(N)C2)cn1. The van der Waals surface area contributed by atoms with Crippen LogP contribution in [0.15, 0.2) is 18.3 Å². The highest BCUT2D eigenvalue weighted by atomic mass is 16.5. The molecule has 1 aliphatic rings. The van der Waals surface area contributed by atoms with Crippen molar-refractivity contribution in [2.75, 3.05) is 11.9 Å². The molecule has 2 rings (SSSR count). The molecule has 2 atom stereocenters. The van der Waals surface area contributed by atoms with Crippen LogP contribution in [0.1, 0.15) is 32.6 Å². The fraction of sp³-hybridized carbons (Fsp3) is 0.615. The molecule has 94 valence electrons. The zero-order valence-electron chi connectivity index (χ0n) is 10.4. The molecule has 4 heteroatoms. The third-order valence-electron chi connectivity index (χ3n) is 3.11. The van der Waals surface area contributed by atoms with Crippen molar-refractivity contribution >= 4 is 5.69 Å². The molecule has 2 unspecified atom stereocenters. The van der Waals surface area contributed by atoms with Gasteiger partial charge in [0.05, 0.1) is 18.5 Å². The van der Waals surface area contributed by atoms with E-state index >= 15 is 0 Å². The van der Waals surface area contributed by atoms with E-state index in [1.807, 2.05) is 25.3 Å². The topological polar surface area (TPSA) is 60.2 Å². The van der Waals surface area contributed by atoms with Crippen LogP contribution in [0.25, 0.3) is 0 Å². The molecule has 0 aromatic carbocycles. The van der Waals surface area contributed by atoms with Crippen molar-refractivity contribution < 1.29 is 4.74 Å². The lowest BCUT2D eigenvalue weighted by atomic mass is 9.91. The maximum atomic E-state index is 5.97. The Kier molecular flexibility index (Phi) is 4.20. The van der Waals surface area contributed by atoms with Gasteiger partial charge in [0.15, 0.2) is 0 Å². The van der Waals surface area contributed by atoms with Crippen LogP contribution in [-0.4, -0.2) is 23.7 Å². The summed E-state index contributed by atoms with van der Waals surface area (Å²) in [6.07, 6.45) is 6.43. The molecule has 0 aliphatic heterocycles. The van der Waals surface area contributed by atoms with E-state index in [4.69, 9.17) is 10.5 Å². The summed E-state index contributed by atoms with van der Waals surface area (Å²) < 4.78 is 5.31. The van der Waals surface area contributed by atoms with Gasteiger partial charge in [-0.3, -0.25) is 0 Å². The van der Waals surface area contributed by atoms with Crippen LogP contribution in [0.5, 0.6) is 5.88 Å². The standard InChI is InChI=1S/C13H21N3O/c1-2-17-13-7-6-12(9-15-13)16-11-5-3-4-10(14)8-11/h6-7,9-11,16H,2-5,8,14H2,1H3. The first-order valence-electron chi connectivity index (χ1n) is 6.39. The molecule has 3 N–H and O–H groups in total. The molecular formula is C13H21N3O. The van der Waals surface area contributed by atoms with Gasteiger partial charge in [0.1, 0.15) is 0 Å². The zero-order valence-corrected chi connectivity index (χ0v) is 10.4. The van der Waals surface area contributed by atoms with E-state index in [-0.39, 0.29) is 0 Å². The minimum atomic E-state index is 0.344. The van der Waals surface area contributed by atoms with Gasteiger partial charge in [0, 0.05) is 18.2 Å². The highest BCUT2D eigenvalue weighted by Crippen LogP contribution is 2.21. The van der Waals surface area contributed by atoms with Gasteiger partial charge in [-0.1, -0.05) is 0 Å². The summed E-state index contributed by atoms with van der Waals surface area (Å²) in [7, 11) is 0. The van der Waals surface area contributed by atoms with Gasteiger partial charge >= 0.3 is 0 Å². The van der Waals surface area contributed by atoms with Crippen LogP contribution in [-0.2, 0) is 0 Å². The first kappa shape index (κ1) is 12.2. The van der Waals surface area contributed by atoms with Gasteiger partial charge in [-0.05, 0) is 38.7 Å². The van der Waals surface area contributed by atoms with E-state index in [0.717, 1.165) is 18.5 Å². The maximum Gasteiger partial charge on any atom is 0.213 e. The van der Waals surface area contributed by atoms with Crippen LogP contribution in [0.3, 0.4) is 0 Å². The van der Waals surface area contributed by atoms with Gasteiger partial charge in [-0.15, -0.1) is 0 Å². The minimum Gasteiger partial charge on any atom is -0.478 e. The Morgan fingerprint density at radius 1 is 1.47 bits per heavy atom. The van der Waals surface area contributed by atoms with Crippen LogP contribution >= 0.6 is 0 Å². The number of nitrogens with zero attached hydrogens (tertiary/aromatic N) is 1. The molecule has 0 amide bonds. The fourth-order valence-corrected chi connectivity index (χ4v) is 2.29. The number of hydrogen-bond acceptors (Lipinski definition) is 4. The monoisotopic (exact) mass is 235 g/mol. The van der Waals surface area contributed by atoms with Crippen molar-refractivity contribution in [1.82, 2.24) is 4.98 Å². The molecule has 0 spiro atoms. The molecule has 0 bridgehead atoms. The molecule has 1 aliphatic carbocycles. The lowest BCUT2D eigenvalue weighted by Crippen LogP contribution is -2.34. The van der Waals surface area contributed by atoms with Crippen molar-refractivity contribution in [2.24, 2.45) is 5.73 Å². The highest BCUT2D eigenvalue weighted by Gasteiger charge is 2.18. The number of rotatable bonds is 4. The largest absolute Gasteiger partial charge is 0.478 e. The summed E-state index contributed by atoms with van der Waals surface area (Å²) in [6.45, 7) is 2.61. The van der Waals surface area contributed by atoms with Gasteiger partial charge in [-0.2, -0.15) is 0 Å². The zero-order chi connectivity index (χ0) is 12.1. The Bertz CT molecular complexity index is 339. The Morgan fingerprint density at radius 2 is 2.35 bits per heavy atom. The number of nitrogens with one attached hydrogen (secondary N) is 1. The summed E-state index contributed by atoms with van der Waals surface area (Å²) in [5, 5.41) is 3.48. The Labute approximate surface area is 103 Å². The second kappa shape index (κ2) is 5.87. The Balaban J connectivity index is 1.89. The summed E-state index contributed by atoms with van der Waals surface area (Å²) in [4.78, 5) is 4.24. The van der Waals surface area contributed by atoms with Crippen molar-refractivity contribution in [1.29, 1.82) is 0 Å². The molecule has 1 fully saturated rings. The average Bonchev–Trinajstić information content (AvgIpc) is 2.32. The van der Waals surface area contributed by atoms with E-state index in [9.17, 15) is 0 Å². The van der Waals surface area contributed by atoms with Crippen molar-refractivity contribution in [3.63, 3.8) is 0 Å². The van der Waals surface area contributed by atoms with Gasteiger partial charge in [0.2, 0.25) is 5.88 Å². The van der Waals surface area contributed by atoms with Crippen LogP contribution in [0, 0.1) is 0 Å². The second-order valence-corrected chi connectivity index (χ2v) is 4.59. The predicted molar refractivity (Wildman–Crippen MR) is 69.3 cm³/mol. The van der Waals surface area contributed by atoms with Gasteiger partial charge in [0.25, 0.3) is 0 Å². The number of nitrogens with two attached hydrogens (primary N) is 1. The smallest absolute Gasteiger partial charge is 0.213 e. The Hall–Kier alpha value is -1.29. The number of pyridine rings is 1. The third-order valence-corrected chi connectivity index (χ3v) is 3.11. The maximum absolute atomic E-state index is 5.97. The first-order chi connectivity index (χ1) is 8.28. The van der Waals surface area contributed by atoms with Crippen molar-refractivity contribution in [3.8, 4) is 5.88 Å². The minimum absolute atomic E-state index is 0.344. The molecular weight excluding hydrogens is 214 g/mol. The molecule has 1 aromatic rings. The summed E-state index contributed by atoms with van der Waals surface area (Å²) in [6, 6.07) is 4.74. The van der Waals surface area contributed by atoms with Crippen molar-refractivity contribution in [2.45, 2.75) is 44.7 Å². The predicted octanol–water partition coefficient (Wildman–Crippen LogP) is 2.16. The normalized spacial score (nSPS) is 24.4. The van der Waals surface area contributed by atoms with Gasteiger partial charge < -0.3 is 15.8 Å². The molecule has 4 nitrogen and oxygen atoms in total. The summed E-state index contributed by atoms with van der Waals surface area (Å²) in [5.41, 5.74) is 7.02. The lowest BCUT2D eigenvalue weighted by Gasteiger charge is -2.28. The van der Waals surface area contributed by atoms with E-state index < -0.39 is 0 Å². The van der Waals surface area contributed by atoms with Crippen LogP contribution in [0.2, 0.25) is 0 Å². The number of aromatic nitrogens is 1. The number of ether oxygens (including phenoxy) is 1. The lowest BCUT2D eigenvalue weighted by molar-refractivity contribution is 0.327. The number of hydrogen-bond donors (Lipinski definition) is 2.